The molecule has 0 aromatic heterocycles. The largest absolute Gasteiger partial charge is 0.492 e. The Kier molecular flexibility index (Phi) is 8.36. The minimum absolute atomic E-state index is 0.157. The van der Waals surface area contributed by atoms with Crippen LogP contribution in [-0.4, -0.2) is 80.7 Å². The molecule has 3 rings (SSSR count). The first-order chi connectivity index (χ1) is 14.4. The van der Waals surface area contributed by atoms with Crippen molar-refractivity contribution in [2.75, 3.05) is 60.2 Å². The lowest BCUT2D eigenvalue weighted by Crippen LogP contribution is -2.48. The van der Waals surface area contributed by atoms with E-state index in [9.17, 15) is 5.11 Å². The average Bonchev–Trinajstić information content (AvgIpc) is 2.90. The Morgan fingerprint density at radius 2 is 1.73 bits per heavy atom. The van der Waals surface area contributed by atoms with Crippen LogP contribution in [0.15, 0.2) is 48.5 Å². The van der Waals surface area contributed by atoms with E-state index in [0.29, 0.717) is 30.5 Å². The highest BCUT2D eigenvalue weighted by molar-refractivity contribution is 6.30. The quantitative estimate of drug-likeness (QED) is 0.655. The van der Waals surface area contributed by atoms with Gasteiger partial charge in [-0.3, -0.25) is 4.90 Å². The fourth-order valence-electron chi connectivity index (χ4n) is 3.26. The maximum Gasteiger partial charge on any atom is 0.134 e. The highest BCUT2D eigenvalue weighted by Gasteiger charge is 2.33. The molecule has 1 heterocycles. The molecule has 1 aliphatic heterocycles. The molecule has 0 spiro atoms. The lowest BCUT2D eigenvalue weighted by atomic mass is 10.1. The number of hydrogen-bond donors (Lipinski definition) is 1. The molecule has 0 radical (unpaired) electrons. The Balaban J connectivity index is 1.53. The van der Waals surface area contributed by atoms with Crippen molar-refractivity contribution in [3.63, 3.8) is 0 Å². The van der Waals surface area contributed by atoms with Gasteiger partial charge in [0, 0.05) is 31.2 Å². The van der Waals surface area contributed by atoms with Gasteiger partial charge in [-0.25, -0.2) is 0 Å². The van der Waals surface area contributed by atoms with E-state index in [2.05, 4.69) is 21.9 Å². The highest BCUT2D eigenvalue weighted by atomic mass is 35.5. The van der Waals surface area contributed by atoms with Gasteiger partial charge in [-0.1, -0.05) is 23.7 Å². The van der Waals surface area contributed by atoms with E-state index >= 15 is 0 Å². The second kappa shape index (κ2) is 11.0. The Morgan fingerprint density at radius 1 is 1.07 bits per heavy atom. The van der Waals surface area contributed by atoms with E-state index in [1.807, 2.05) is 26.2 Å². The molecular formula is C23H31ClN2O4. The molecule has 0 aliphatic carbocycles. The molecule has 0 unspecified atom stereocenters. The number of hydrogen-bond acceptors (Lipinski definition) is 6. The first-order valence-electron chi connectivity index (χ1n) is 10.2. The number of ether oxygens (including phenoxy) is 3. The Labute approximate surface area is 183 Å². The zero-order valence-corrected chi connectivity index (χ0v) is 18.5. The van der Waals surface area contributed by atoms with Crippen molar-refractivity contribution in [2.45, 2.75) is 12.1 Å². The van der Waals surface area contributed by atoms with E-state index in [1.54, 1.807) is 24.3 Å². The zero-order chi connectivity index (χ0) is 21.4. The standard InChI is InChI=1S/C23H31ClN2O4/c1-25(2)11-14-29-21-7-3-19(4-8-21)15-26-12-13-28-17-23(27,16-26)18-30-22-9-5-20(24)6-10-22/h3-10,27H,11-18H2,1-2H3/t23-/m0/s1. The van der Waals surface area contributed by atoms with Crippen molar-refractivity contribution in [1.29, 1.82) is 0 Å². The highest BCUT2D eigenvalue weighted by Crippen LogP contribution is 2.20. The van der Waals surface area contributed by atoms with Crippen LogP contribution in [0.4, 0.5) is 0 Å². The van der Waals surface area contributed by atoms with Gasteiger partial charge in [-0.2, -0.15) is 0 Å². The molecule has 0 saturated carbocycles. The summed E-state index contributed by atoms with van der Waals surface area (Å²) < 4.78 is 17.2. The SMILES string of the molecule is CN(C)CCOc1ccc(CN2CCOC[C@](O)(COc3ccc(Cl)cc3)C2)cc1. The molecule has 2 aromatic carbocycles. The third-order valence-electron chi connectivity index (χ3n) is 4.90. The summed E-state index contributed by atoms with van der Waals surface area (Å²) in [6.45, 7) is 4.48. The van der Waals surface area contributed by atoms with Gasteiger partial charge in [-0.15, -0.1) is 0 Å². The van der Waals surface area contributed by atoms with Crippen molar-refractivity contribution in [1.82, 2.24) is 9.80 Å². The molecule has 0 amide bonds. The number of likely N-dealkylation sites (N-methyl/N-ethyl adjacent to an activating group) is 1. The summed E-state index contributed by atoms with van der Waals surface area (Å²) in [4.78, 5) is 4.29. The summed E-state index contributed by atoms with van der Waals surface area (Å²) in [5.74, 6) is 1.54. The molecule has 164 valence electrons. The van der Waals surface area contributed by atoms with Gasteiger partial charge in [0.15, 0.2) is 0 Å². The second-order valence-electron chi connectivity index (χ2n) is 8.03. The van der Waals surface area contributed by atoms with Crippen LogP contribution >= 0.6 is 11.6 Å². The summed E-state index contributed by atoms with van der Waals surface area (Å²) in [5.41, 5.74) is 0.0866. The van der Waals surface area contributed by atoms with Crippen LogP contribution in [-0.2, 0) is 11.3 Å². The summed E-state index contributed by atoms with van der Waals surface area (Å²) >= 11 is 5.91. The monoisotopic (exact) mass is 434 g/mol. The maximum absolute atomic E-state index is 11.1. The number of β-amino-alcohol motifs (C(OH)–C–C–N with tert-alkyl or cyclic N) is 1. The molecule has 1 aliphatic rings. The first kappa shape index (κ1) is 22.8. The zero-order valence-electron chi connectivity index (χ0n) is 17.7. The van der Waals surface area contributed by atoms with Gasteiger partial charge in [-0.05, 0) is 56.1 Å². The lowest BCUT2D eigenvalue weighted by molar-refractivity contribution is -0.0646. The Bertz CT molecular complexity index is 770. The second-order valence-corrected chi connectivity index (χ2v) is 8.46. The van der Waals surface area contributed by atoms with Crippen molar-refractivity contribution in [3.05, 3.63) is 59.1 Å². The number of benzene rings is 2. The van der Waals surface area contributed by atoms with E-state index in [1.165, 1.54) is 0 Å². The minimum atomic E-state index is -1.08. The van der Waals surface area contributed by atoms with Crippen LogP contribution in [0.1, 0.15) is 5.56 Å². The molecule has 7 heteroatoms. The van der Waals surface area contributed by atoms with Crippen molar-refractivity contribution >= 4 is 11.6 Å². The van der Waals surface area contributed by atoms with E-state index in [0.717, 1.165) is 30.9 Å². The van der Waals surface area contributed by atoms with Gasteiger partial charge >= 0.3 is 0 Å². The van der Waals surface area contributed by atoms with Crippen LogP contribution in [0.3, 0.4) is 0 Å². The molecule has 1 saturated heterocycles. The normalized spacial score (nSPS) is 20.2. The smallest absolute Gasteiger partial charge is 0.134 e. The van der Waals surface area contributed by atoms with E-state index < -0.39 is 5.60 Å². The van der Waals surface area contributed by atoms with Gasteiger partial charge in [0.05, 0.1) is 13.2 Å². The molecule has 1 N–H and O–H groups in total. The fraction of sp³-hybridized carbons (Fsp3) is 0.478. The molecule has 30 heavy (non-hydrogen) atoms. The predicted molar refractivity (Wildman–Crippen MR) is 118 cm³/mol. The van der Waals surface area contributed by atoms with Crippen molar-refractivity contribution in [3.8, 4) is 11.5 Å². The molecule has 1 atom stereocenters. The first-order valence-corrected chi connectivity index (χ1v) is 10.6. The number of halogens is 1. The Morgan fingerprint density at radius 3 is 2.43 bits per heavy atom. The summed E-state index contributed by atoms with van der Waals surface area (Å²) in [6.07, 6.45) is 0. The minimum Gasteiger partial charge on any atom is -0.492 e. The summed E-state index contributed by atoms with van der Waals surface area (Å²) in [5, 5.41) is 11.7. The predicted octanol–water partition coefficient (Wildman–Crippen LogP) is 2.92. The fourth-order valence-corrected chi connectivity index (χ4v) is 3.39. The summed E-state index contributed by atoms with van der Waals surface area (Å²) in [6, 6.07) is 15.3. The lowest BCUT2D eigenvalue weighted by Gasteiger charge is -2.30. The number of aliphatic hydroxyl groups is 1. The van der Waals surface area contributed by atoms with E-state index in [-0.39, 0.29) is 13.2 Å². The Hall–Kier alpha value is -1.83. The third kappa shape index (κ3) is 7.45. The van der Waals surface area contributed by atoms with Gasteiger partial charge in [0.25, 0.3) is 0 Å². The van der Waals surface area contributed by atoms with Crippen LogP contribution in [0.2, 0.25) is 5.02 Å². The molecular weight excluding hydrogens is 404 g/mol. The van der Waals surface area contributed by atoms with Crippen LogP contribution in [0.25, 0.3) is 0 Å². The van der Waals surface area contributed by atoms with E-state index in [4.69, 9.17) is 25.8 Å². The molecule has 1 fully saturated rings. The van der Waals surface area contributed by atoms with Gasteiger partial charge in [0.2, 0.25) is 0 Å². The summed E-state index contributed by atoms with van der Waals surface area (Å²) in [7, 11) is 4.05. The number of rotatable bonds is 9. The molecule has 0 bridgehead atoms. The topological polar surface area (TPSA) is 54.4 Å². The van der Waals surface area contributed by atoms with Crippen molar-refractivity contribution in [2.24, 2.45) is 0 Å². The van der Waals surface area contributed by atoms with Crippen LogP contribution < -0.4 is 9.47 Å². The van der Waals surface area contributed by atoms with Gasteiger partial charge < -0.3 is 24.2 Å². The third-order valence-corrected chi connectivity index (χ3v) is 5.15. The van der Waals surface area contributed by atoms with Crippen LogP contribution in [0.5, 0.6) is 11.5 Å². The van der Waals surface area contributed by atoms with Crippen molar-refractivity contribution < 1.29 is 19.3 Å². The number of nitrogens with zero attached hydrogens (tertiary/aromatic N) is 2. The molecule has 2 aromatic rings. The van der Waals surface area contributed by atoms with Gasteiger partial charge in [0.1, 0.15) is 30.3 Å². The average molecular weight is 435 g/mol. The van der Waals surface area contributed by atoms with Crippen LogP contribution in [0, 0.1) is 0 Å². The maximum atomic E-state index is 11.1. The molecule has 6 nitrogen and oxygen atoms in total.